The lowest BCUT2D eigenvalue weighted by Gasteiger charge is -2.06. The molecule has 0 aliphatic carbocycles. The van der Waals surface area contributed by atoms with Gasteiger partial charge in [0.2, 0.25) is 0 Å². The summed E-state index contributed by atoms with van der Waals surface area (Å²) in [7, 11) is 0. The second-order valence-electron chi connectivity index (χ2n) is 4.76. The topological polar surface area (TPSA) is 29.9 Å². The Morgan fingerprint density at radius 3 is 2.53 bits per heavy atom. The standard InChI is InChI=1S/C14H27N3/c1-5-7-8-10-17-13(4)14(12(3)16-17)11-15-9-6-2/h15H,5-11H2,1-4H3. The van der Waals surface area contributed by atoms with E-state index in [-0.39, 0.29) is 0 Å². The summed E-state index contributed by atoms with van der Waals surface area (Å²) in [6.07, 6.45) is 4.98. The highest BCUT2D eigenvalue weighted by atomic mass is 15.3. The molecule has 1 heterocycles. The van der Waals surface area contributed by atoms with Gasteiger partial charge >= 0.3 is 0 Å². The molecule has 0 aliphatic rings. The predicted molar refractivity (Wildman–Crippen MR) is 73.2 cm³/mol. The number of aryl methyl sites for hydroxylation is 2. The van der Waals surface area contributed by atoms with Crippen LogP contribution in [0.15, 0.2) is 0 Å². The van der Waals surface area contributed by atoms with Crippen molar-refractivity contribution in [2.45, 2.75) is 66.5 Å². The van der Waals surface area contributed by atoms with Crippen molar-refractivity contribution < 1.29 is 0 Å². The van der Waals surface area contributed by atoms with Crippen LogP contribution in [0.1, 0.15) is 56.5 Å². The van der Waals surface area contributed by atoms with Gasteiger partial charge in [-0.05, 0) is 33.2 Å². The molecule has 0 spiro atoms. The second-order valence-corrected chi connectivity index (χ2v) is 4.76. The molecule has 0 saturated carbocycles. The molecule has 0 bridgehead atoms. The molecule has 1 N–H and O–H groups in total. The lowest BCUT2D eigenvalue weighted by atomic mass is 10.2. The van der Waals surface area contributed by atoms with Gasteiger partial charge in [0.05, 0.1) is 5.69 Å². The molecule has 3 nitrogen and oxygen atoms in total. The van der Waals surface area contributed by atoms with E-state index in [1.807, 2.05) is 0 Å². The van der Waals surface area contributed by atoms with Gasteiger partial charge in [0, 0.05) is 24.3 Å². The summed E-state index contributed by atoms with van der Waals surface area (Å²) in [5.74, 6) is 0. The van der Waals surface area contributed by atoms with Crippen molar-refractivity contribution in [3.8, 4) is 0 Å². The van der Waals surface area contributed by atoms with E-state index in [9.17, 15) is 0 Å². The molecule has 0 saturated heterocycles. The molecular formula is C14H27N3. The molecule has 0 amide bonds. The average molecular weight is 237 g/mol. The van der Waals surface area contributed by atoms with Crippen LogP contribution in [-0.2, 0) is 13.1 Å². The Kier molecular flexibility index (Phi) is 6.27. The van der Waals surface area contributed by atoms with Crippen molar-refractivity contribution >= 4 is 0 Å². The summed E-state index contributed by atoms with van der Waals surface area (Å²) in [6.45, 7) is 11.8. The van der Waals surface area contributed by atoms with E-state index >= 15 is 0 Å². The summed E-state index contributed by atoms with van der Waals surface area (Å²) < 4.78 is 2.17. The molecule has 0 radical (unpaired) electrons. The molecule has 98 valence electrons. The van der Waals surface area contributed by atoms with Gasteiger partial charge in [-0.15, -0.1) is 0 Å². The summed E-state index contributed by atoms with van der Waals surface area (Å²) in [5.41, 5.74) is 3.90. The normalized spacial score (nSPS) is 11.1. The maximum absolute atomic E-state index is 4.64. The Bertz CT molecular complexity index is 328. The van der Waals surface area contributed by atoms with Crippen LogP contribution in [-0.4, -0.2) is 16.3 Å². The van der Waals surface area contributed by atoms with Crippen molar-refractivity contribution in [2.75, 3.05) is 6.54 Å². The smallest absolute Gasteiger partial charge is 0.0641 e. The number of hydrogen-bond donors (Lipinski definition) is 1. The third-order valence-electron chi connectivity index (χ3n) is 3.23. The average Bonchev–Trinajstić information content (AvgIpc) is 2.57. The molecule has 1 aromatic rings. The van der Waals surface area contributed by atoms with Crippen molar-refractivity contribution in [3.05, 3.63) is 17.0 Å². The third-order valence-corrected chi connectivity index (χ3v) is 3.23. The number of nitrogens with one attached hydrogen (secondary N) is 1. The number of unbranched alkanes of at least 4 members (excludes halogenated alkanes) is 2. The Labute approximate surface area is 106 Å². The fourth-order valence-corrected chi connectivity index (χ4v) is 2.11. The van der Waals surface area contributed by atoms with Crippen molar-refractivity contribution in [1.82, 2.24) is 15.1 Å². The number of hydrogen-bond acceptors (Lipinski definition) is 2. The van der Waals surface area contributed by atoms with Gasteiger partial charge in [0.25, 0.3) is 0 Å². The van der Waals surface area contributed by atoms with Gasteiger partial charge in [-0.2, -0.15) is 5.10 Å². The summed E-state index contributed by atoms with van der Waals surface area (Å²) >= 11 is 0. The van der Waals surface area contributed by atoms with Gasteiger partial charge in [0.1, 0.15) is 0 Å². The van der Waals surface area contributed by atoms with Gasteiger partial charge in [-0.25, -0.2) is 0 Å². The Balaban J connectivity index is 2.58. The second kappa shape index (κ2) is 7.49. The fraction of sp³-hybridized carbons (Fsp3) is 0.786. The zero-order valence-electron chi connectivity index (χ0n) is 11.8. The lowest BCUT2D eigenvalue weighted by Crippen LogP contribution is -2.15. The van der Waals surface area contributed by atoms with Crippen LogP contribution in [0.25, 0.3) is 0 Å². The first-order valence-electron chi connectivity index (χ1n) is 6.94. The fourth-order valence-electron chi connectivity index (χ4n) is 2.11. The van der Waals surface area contributed by atoms with Crippen molar-refractivity contribution in [2.24, 2.45) is 0 Å². The summed E-state index contributed by atoms with van der Waals surface area (Å²) in [4.78, 5) is 0. The molecule has 0 aromatic carbocycles. The molecule has 17 heavy (non-hydrogen) atoms. The Morgan fingerprint density at radius 2 is 1.88 bits per heavy atom. The number of nitrogens with zero attached hydrogens (tertiary/aromatic N) is 2. The van der Waals surface area contributed by atoms with Crippen molar-refractivity contribution in [3.63, 3.8) is 0 Å². The zero-order valence-corrected chi connectivity index (χ0v) is 11.8. The summed E-state index contributed by atoms with van der Waals surface area (Å²) in [5, 5.41) is 8.10. The van der Waals surface area contributed by atoms with Crippen LogP contribution in [0.3, 0.4) is 0 Å². The van der Waals surface area contributed by atoms with Crippen LogP contribution in [0.4, 0.5) is 0 Å². The van der Waals surface area contributed by atoms with E-state index in [1.165, 1.54) is 42.6 Å². The van der Waals surface area contributed by atoms with Crippen LogP contribution in [0.2, 0.25) is 0 Å². The predicted octanol–water partition coefficient (Wildman–Crippen LogP) is 3.19. The minimum absolute atomic E-state index is 0.958. The van der Waals surface area contributed by atoms with E-state index < -0.39 is 0 Å². The Hall–Kier alpha value is -0.830. The first kappa shape index (κ1) is 14.2. The van der Waals surface area contributed by atoms with Crippen LogP contribution >= 0.6 is 0 Å². The largest absolute Gasteiger partial charge is 0.313 e. The number of rotatable bonds is 8. The van der Waals surface area contributed by atoms with Crippen molar-refractivity contribution in [1.29, 1.82) is 0 Å². The van der Waals surface area contributed by atoms with Crippen LogP contribution in [0, 0.1) is 13.8 Å². The maximum Gasteiger partial charge on any atom is 0.0641 e. The van der Waals surface area contributed by atoms with Gasteiger partial charge in [-0.3, -0.25) is 4.68 Å². The Morgan fingerprint density at radius 1 is 1.12 bits per heavy atom. The van der Waals surface area contributed by atoms with E-state index in [4.69, 9.17) is 0 Å². The first-order valence-corrected chi connectivity index (χ1v) is 6.94. The van der Waals surface area contributed by atoms with E-state index in [2.05, 4.69) is 42.8 Å². The van der Waals surface area contributed by atoms with Crippen LogP contribution in [0.5, 0.6) is 0 Å². The molecule has 0 atom stereocenters. The van der Waals surface area contributed by atoms with E-state index in [0.717, 1.165) is 19.6 Å². The zero-order chi connectivity index (χ0) is 12.7. The van der Waals surface area contributed by atoms with E-state index in [0.29, 0.717) is 0 Å². The SMILES string of the molecule is CCCCCn1nc(C)c(CNCCC)c1C. The van der Waals surface area contributed by atoms with E-state index in [1.54, 1.807) is 0 Å². The number of aromatic nitrogens is 2. The molecule has 3 heteroatoms. The molecule has 1 rings (SSSR count). The highest BCUT2D eigenvalue weighted by Crippen LogP contribution is 2.13. The van der Waals surface area contributed by atoms with Gasteiger partial charge < -0.3 is 5.32 Å². The minimum Gasteiger partial charge on any atom is -0.313 e. The first-order chi connectivity index (χ1) is 8.20. The maximum atomic E-state index is 4.64. The highest BCUT2D eigenvalue weighted by Gasteiger charge is 2.10. The third kappa shape index (κ3) is 4.15. The molecule has 0 aliphatic heterocycles. The summed E-state index contributed by atoms with van der Waals surface area (Å²) in [6, 6.07) is 0. The van der Waals surface area contributed by atoms with Crippen LogP contribution < -0.4 is 5.32 Å². The van der Waals surface area contributed by atoms with Gasteiger partial charge in [-0.1, -0.05) is 26.7 Å². The minimum atomic E-state index is 0.958. The monoisotopic (exact) mass is 237 g/mol. The molecule has 0 unspecified atom stereocenters. The molecular weight excluding hydrogens is 210 g/mol. The molecule has 1 aromatic heterocycles. The van der Waals surface area contributed by atoms with Gasteiger partial charge in [0.15, 0.2) is 0 Å². The quantitative estimate of drug-likeness (QED) is 0.704. The lowest BCUT2D eigenvalue weighted by molar-refractivity contribution is 0.538. The molecule has 0 fully saturated rings. The highest BCUT2D eigenvalue weighted by molar-refractivity contribution is 5.24.